The zero-order chi connectivity index (χ0) is 36.8. The largest absolute Gasteiger partial charge is 0.394 e. The van der Waals surface area contributed by atoms with Gasteiger partial charge in [0.25, 0.3) is 0 Å². The maximum atomic E-state index is 12.9. The van der Waals surface area contributed by atoms with Gasteiger partial charge in [-0.15, -0.1) is 0 Å². The summed E-state index contributed by atoms with van der Waals surface area (Å²) in [6, 6.07) is -0.982. The lowest BCUT2D eigenvalue weighted by molar-refractivity contribution is -0.303. The highest BCUT2D eigenvalue weighted by atomic mass is 16.7. The summed E-state index contributed by atoms with van der Waals surface area (Å²) < 4.78 is 11.1. The standard InChI is InChI=1S/C40H79NO9/c1-3-5-7-9-11-13-15-17-19-21-23-25-27-29-35(44)41-32(31-49-40-39(48)38(47)37(46)34(30-42)50-40)36(45)33(43)28-26-24-22-20-18-16-14-12-10-8-6-4-2/h32-34,36-40,42-43,45-48H,3-31H2,1-2H3,(H,41,44)/t32-,33+,34+,36-,37-,38?,39?,40+/m0/s1. The summed E-state index contributed by atoms with van der Waals surface area (Å²) in [4.78, 5) is 12.9. The van der Waals surface area contributed by atoms with E-state index in [2.05, 4.69) is 19.2 Å². The van der Waals surface area contributed by atoms with Crippen LogP contribution in [0.2, 0.25) is 0 Å². The summed E-state index contributed by atoms with van der Waals surface area (Å²) in [5.41, 5.74) is 0. The third-order valence-electron chi connectivity index (χ3n) is 10.3. The fourth-order valence-corrected chi connectivity index (χ4v) is 6.84. The van der Waals surface area contributed by atoms with Crippen molar-refractivity contribution in [3.8, 4) is 0 Å². The molecule has 1 heterocycles. The van der Waals surface area contributed by atoms with Gasteiger partial charge < -0.3 is 45.4 Å². The summed E-state index contributed by atoms with van der Waals surface area (Å²) in [6.45, 7) is 3.58. The number of aliphatic hydroxyl groups is 6. The highest BCUT2D eigenvalue weighted by Gasteiger charge is 2.44. The molecule has 1 aliphatic heterocycles. The van der Waals surface area contributed by atoms with Crippen molar-refractivity contribution in [1.82, 2.24) is 5.32 Å². The topological polar surface area (TPSA) is 169 Å². The number of nitrogens with one attached hydrogen (secondary N) is 1. The van der Waals surface area contributed by atoms with Crippen molar-refractivity contribution >= 4 is 5.91 Å². The van der Waals surface area contributed by atoms with Gasteiger partial charge in [0.1, 0.15) is 30.5 Å². The number of carbonyl (C=O) groups excluding carboxylic acids is 1. The van der Waals surface area contributed by atoms with E-state index in [0.29, 0.717) is 6.42 Å². The molecule has 7 N–H and O–H groups in total. The van der Waals surface area contributed by atoms with E-state index in [1.54, 1.807) is 0 Å². The lowest BCUT2D eigenvalue weighted by Crippen LogP contribution is -2.60. The molecule has 0 aromatic heterocycles. The average Bonchev–Trinajstić information content (AvgIpc) is 3.11. The van der Waals surface area contributed by atoms with Gasteiger partial charge in [0.2, 0.25) is 5.91 Å². The van der Waals surface area contributed by atoms with Gasteiger partial charge in [0.05, 0.1) is 25.4 Å². The summed E-state index contributed by atoms with van der Waals surface area (Å²) in [6.07, 6.45) is 21.1. The Bertz CT molecular complexity index is 773. The number of hydrogen-bond acceptors (Lipinski definition) is 9. The molecule has 0 aliphatic carbocycles. The molecule has 10 nitrogen and oxygen atoms in total. The molecule has 1 aliphatic rings. The molecule has 0 bridgehead atoms. The van der Waals surface area contributed by atoms with Gasteiger partial charge in [-0.2, -0.15) is 0 Å². The molecule has 0 aromatic carbocycles. The fraction of sp³-hybridized carbons (Fsp3) is 0.975. The van der Waals surface area contributed by atoms with Crippen molar-refractivity contribution in [2.45, 2.75) is 236 Å². The van der Waals surface area contributed by atoms with E-state index >= 15 is 0 Å². The molecule has 1 fully saturated rings. The van der Waals surface area contributed by atoms with Crippen molar-refractivity contribution in [1.29, 1.82) is 0 Å². The Balaban J connectivity index is 2.46. The molecule has 1 rings (SSSR count). The minimum Gasteiger partial charge on any atom is -0.394 e. The van der Waals surface area contributed by atoms with Crippen LogP contribution >= 0.6 is 0 Å². The first kappa shape index (κ1) is 47.2. The van der Waals surface area contributed by atoms with E-state index in [9.17, 15) is 35.4 Å². The van der Waals surface area contributed by atoms with Crippen molar-refractivity contribution in [3.63, 3.8) is 0 Å². The Kier molecular flexibility index (Phi) is 29.9. The number of unbranched alkanes of at least 4 members (excludes halogenated alkanes) is 23. The Labute approximate surface area is 305 Å². The Morgan fingerprint density at radius 2 is 1.04 bits per heavy atom. The first-order valence-electron chi connectivity index (χ1n) is 20.8. The van der Waals surface area contributed by atoms with E-state index in [1.807, 2.05) is 0 Å². The van der Waals surface area contributed by atoms with Crippen molar-refractivity contribution in [2.75, 3.05) is 13.2 Å². The monoisotopic (exact) mass is 718 g/mol. The second-order valence-electron chi connectivity index (χ2n) is 14.9. The van der Waals surface area contributed by atoms with E-state index in [1.165, 1.54) is 116 Å². The lowest BCUT2D eigenvalue weighted by Gasteiger charge is -2.40. The van der Waals surface area contributed by atoms with Crippen molar-refractivity contribution in [3.05, 3.63) is 0 Å². The molecule has 0 aromatic rings. The van der Waals surface area contributed by atoms with Crippen LogP contribution in [0.15, 0.2) is 0 Å². The highest BCUT2D eigenvalue weighted by molar-refractivity contribution is 5.76. The summed E-state index contributed by atoms with van der Waals surface area (Å²) in [5, 5.41) is 64.9. The van der Waals surface area contributed by atoms with Gasteiger partial charge in [0.15, 0.2) is 6.29 Å². The quantitative estimate of drug-likeness (QED) is 0.0364. The van der Waals surface area contributed by atoms with Crippen LogP contribution in [0, 0.1) is 0 Å². The van der Waals surface area contributed by atoms with Crippen LogP contribution in [0.1, 0.15) is 187 Å². The van der Waals surface area contributed by atoms with Crippen LogP contribution in [-0.2, 0) is 14.3 Å². The molecule has 0 radical (unpaired) electrons. The van der Waals surface area contributed by atoms with Gasteiger partial charge >= 0.3 is 0 Å². The minimum absolute atomic E-state index is 0.257. The van der Waals surface area contributed by atoms with Gasteiger partial charge in [-0.1, -0.05) is 168 Å². The lowest BCUT2D eigenvalue weighted by atomic mass is 9.98. The Hall–Kier alpha value is -0.850. The number of carbonyl (C=O) groups is 1. The zero-order valence-corrected chi connectivity index (χ0v) is 32.0. The zero-order valence-electron chi connectivity index (χ0n) is 32.0. The molecule has 2 unspecified atom stereocenters. The third kappa shape index (κ3) is 22.3. The average molecular weight is 718 g/mol. The first-order valence-corrected chi connectivity index (χ1v) is 20.8. The molecule has 0 spiro atoms. The smallest absolute Gasteiger partial charge is 0.220 e. The van der Waals surface area contributed by atoms with Crippen LogP contribution in [-0.4, -0.2) is 98.7 Å². The number of rotatable bonds is 34. The molecular formula is C40H79NO9. The first-order chi connectivity index (χ1) is 24.3. The van der Waals surface area contributed by atoms with Crippen LogP contribution < -0.4 is 5.32 Å². The van der Waals surface area contributed by atoms with E-state index in [-0.39, 0.29) is 18.9 Å². The van der Waals surface area contributed by atoms with Gasteiger partial charge in [0, 0.05) is 6.42 Å². The van der Waals surface area contributed by atoms with Gasteiger partial charge in [-0.05, 0) is 12.8 Å². The van der Waals surface area contributed by atoms with Crippen LogP contribution in [0.25, 0.3) is 0 Å². The highest BCUT2D eigenvalue weighted by Crippen LogP contribution is 2.23. The normalized spacial score (nSPS) is 22.8. The second kappa shape index (κ2) is 31.7. The molecular weight excluding hydrogens is 638 g/mol. The molecule has 50 heavy (non-hydrogen) atoms. The predicted octanol–water partition coefficient (Wildman–Crippen LogP) is 6.58. The number of aliphatic hydroxyl groups excluding tert-OH is 6. The predicted molar refractivity (Wildman–Crippen MR) is 200 cm³/mol. The van der Waals surface area contributed by atoms with Gasteiger partial charge in [-0.25, -0.2) is 0 Å². The van der Waals surface area contributed by atoms with Crippen molar-refractivity contribution in [2.24, 2.45) is 0 Å². The molecule has 1 saturated heterocycles. The Morgan fingerprint density at radius 1 is 0.620 bits per heavy atom. The maximum absolute atomic E-state index is 12.9. The molecule has 0 saturated carbocycles. The van der Waals surface area contributed by atoms with Crippen molar-refractivity contribution < 1.29 is 44.9 Å². The van der Waals surface area contributed by atoms with E-state index in [4.69, 9.17) is 9.47 Å². The number of hydrogen-bond donors (Lipinski definition) is 7. The molecule has 1 amide bonds. The van der Waals surface area contributed by atoms with E-state index < -0.39 is 55.6 Å². The summed E-state index contributed by atoms with van der Waals surface area (Å²) in [5.74, 6) is -0.257. The van der Waals surface area contributed by atoms with Crippen LogP contribution in [0.5, 0.6) is 0 Å². The summed E-state index contributed by atoms with van der Waals surface area (Å²) >= 11 is 0. The molecule has 10 heteroatoms. The number of ether oxygens (including phenoxy) is 2. The maximum Gasteiger partial charge on any atom is 0.220 e. The van der Waals surface area contributed by atoms with Gasteiger partial charge in [-0.3, -0.25) is 4.79 Å². The SMILES string of the molecule is CCCCCCCCCCCCCCCC(=O)N[C@@H](CO[C@@H]1O[C@H](CO)[C@H](O)C(O)C1O)[C@H](O)[C@H](O)CCCCCCCCCCCCCC. The number of amides is 1. The second-order valence-corrected chi connectivity index (χ2v) is 14.9. The summed E-state index contributed by atoms with van der Waals surface area (Å²) in [7, 11) is 0. The van der Waals surface area contributed by atoms with Crippen LogP contribution in [0.3, 0.4) is 0 Å². The minimum atomic E-state index is -1.60. The van der Waals surface area contributed by atoms with Crippen LogP contribution in [0.4, 0.5) is 0 Å². The third-order valence-corrected chi connectivity index (χ3v) is 10.3. The molecule has 8 atom stereocenters. The molecule has 298 valence electrons. The Morgan fingerprint density at radius 3 is 1.48 bits per heavy atom. The fourth-order valence-electron chi connectivity index (χ4n) is 6.84. The van der Waals surface area contributed by atoms with E-state index in [0.717, 1.165) is 44.9 Å².